The van der Waals surface area contributed by atoms with Crippen molar-refractivity contribution < 1.29 is 4.79 Å². The van der Waals surface area contributed by atoms with Gasteiger partial charge in [0.25, 0.3) is 0 Å². The number of hydrogen-bond donors (Lipinski definition) is 2. The van der Waals surface area contributed by atoms with Crippen LogP contribution in [0.25, 0.3) is 0 Å². The second-order valence-electron chi connectivity index (χ2n) is 6.01. The summed E-state index contributed by atoms with van der Waals surface area (Å²) in [6.07, 6.45) is 3.38. The van der Waals surface area contributed by atoms with Crippen LogP contribution >= 0.6 is 0 Å². The van der Waals surface area contributed by atoms with E-state index in [-0.39, 0.29) is 11.9 Å². The standard InChI is InChI=1S/C13H27N3O/c1-10-4-7-16(8-5-10)9-6-11(14)13(2,3)12(15)17/h10-11H,4-9,14H2,1-3H3,(H2,15,17). The maximum atomic E-state index is 11.3. The predicted octanol–water partition coefficient (Wildman–Crippen LogP) is 0.947. The molecule has 0 aromatic rings. The number of hydrogen-bond acceptors (Lipinski definition) is 3. The Morgan fingerprint density at radius 2 is 1.94 bits per heavy atom. The molecule has 0 aromatic carbocycles. The van der Waals surface area contributed by atoms with Crippen LogP contribution in [-0.2, 0) is 4.79 Å². The molecule has 4 nitrogen and oxygen atoms in total. The van der Waals surface area contributed by atoms with Gasteiger partial charge in [-0.25, -0.2) is 0 Å². The van der Waals surface area contributed by atoms with Crippen LogP contribution in [0.5, 0.6) is 0 Å². The fourth-order valence-electron chi connectivity index (χ4n) is 2.15. The molecule has 1 atom stereocenters. The molecule has 100 valence electrons. The topological polar surface area (TPSA) is 72.3 Å². The van der Waals surface area contributed by atoms with Crippen molar-refractivity contribution in [3.8, 4) is 0 Å². The first kappa shape index (κ1) is 14.5. The Hall–Kier alpha value is -0.610. The fourth-order valence-corrected chi connectivity index (χ4v) is 2.15. The highest BCUT2D eigenvalue weighted by atomic mass is 16.1. The normalized spacial score (nSPS) is 21.4. The van der Waals surface area contributed by atoms with Crippen LogP contribution in [0.4, 0.5) is 0 Å². The Morgan fingerprint density at radius 3 is 2.41 bits per heavy atom. The van der Waals surface area contributed by atoms with Crippen molar-refractivity contribution in [1.29, 1.82) is 0 Å². The molecule has 0 bridgehead atoms. The van der Waals surface area contributed by atoms with Crippen molar-refractivity contribution in [2.45, 2.75) is 46.1 Å². The molecular weight excluding hydrogens is 214 g/mol. The van der Waals surface area contributed by atoms with Gasteiger partial charge in [-0.1, -0.05) is 6.92 Å². The van der Waals surface area contributed by atoms with Crippen molar-refractivity contribution in [2.24, 2.45) is 22.8 Å². The Bertz CT molecular complexity index is 257. The summed E-state index contributed by atoms with van der Waals surface area (Å²) in [5.41, 5.74) is 10.8. The van der Waals surface area contributed by atoms with E-state index in [1.54, 1.807) is 0 Å². The van der Waals surface area contributed by atoms with Gasteiger partial charge in [-0.2, -0.15) is 0 Å². The molecule has 1 heterocycles. The second kappa shape index (κ2) is 5.83. The number of piperidine rings is 1. The zero-order valence-corrected chi connectivity index (χ0v) is 11.4. The second-order valence-corrected chi connectivity index (χ2v) is 6.01. The van der Waals surface area contributed by atoms with Gasteiger partial charge in [0.05, 0.1) is 5.41 Å². The molecule has 0 radical (unpaired) electrons. The zero-order valence-electron chi connectivity index (χ0n) is 11.4. The Morgan fingerprint density at radius 1 is 1.41 bits per heavy atom. The number of primary amides is 1. The summed E-state index contributed by atoms with van der Waals surface area (Å²) < 4.78 is 0. The van der Waals surface area contributed by atoms with E-state index in [1.807, 2.05) is 13.8 Å². The third kappa shape index (κ3) is 3.96. The first-order valence-corrected chi connectivity index (χ1v) is 6.62. The van der Waals surface area contributed by atoms with Crippen molar-refractivity contribution in [2.75, 3.05) is 19.6 Å². The molecular formula is C13H27N3O. The summed E-state index contributed by atoms with van der Waals surface area (Å²) in [6, 6.07) is -0.153. The number of nitrogens with zero attached hydrogens (tertiary/aromatic N) is 1. The molecule has 4 heteroatoms. The van der Waals surface area contributed by atoms with Gasteiger partial charge >= 0.3 is 0 Å². The van der Waals surface area contributed by atoms with Gasteiger partial charge in [-0.05, 0) is 58.7 Å². The third-order valence-corrected chi connectivity index (χ3v) is 4.19. The number of carbonyl (C=O) groups excluding carboxylic acids is 1. The van der Waals surface area contributed by atoms with Crippen LogP contribution in [0.15, 0.2) is 0 Å². The monoisotopic (exact) mass is 241 g/mol. The maximum absolute atomic E-state index is 11.3. The maximum Gasteiger partial charge on any atom is 0.224 e. The molecule has 0 saturated carbocycles. The lowest BCUT2D eigenvalue weighted by Crippen LogP contribution is -2.48. The average molecular weight is 241 g/mol. The SMILES string of the molecule is CC1CCN(CCC(N)C(C)(C)C(N)=O)CC1. The third-order valence-electron chi connectivity index (χ3n) is 4.19. The Kier molecular flexibility index (Phi) is 4.95. The lowest BCUT2D eigenvalue weighted by Gasteiger charge is -2.33. The van der Waals surface area contributed by atoms with Gasteiger partial charge in [-0.3, -0.25) is 4.79 Å². The van der Waals surface area contributed by atoms with E-state index in [4.69, 9.17) is 11.5 Å². The van der Waals surface area contributed by atoms with Gasteiger partial charge in [-0.15, -0.1) is 0 Å². The van der Waals surface area contributed by atoms with Gasteiger partial charge < -0.3 is 16.4 Å². The highest BCUT2D eigenvalue weighted by molar-refractivity contribution is 5.80. The number of rotatable bonds is 5. The highest BCUT2D eigenvalue weighted by Crippen LogP contribution is 2.22. The lowest BCUT2D eigenvalue weighted by molar-refractivity contribution is -0.127. The molecule has 0 aliphatic carbocycles. The summed E-state index contributed by atoms with van der Waals surface area (Å²) in [5, 5.41) is 0. The van der Waals surface area contributed by atoms with E-state index in [0.29, 0.717) is 0 Å². The predicted molar refractivity (Wildman–Crippen MR) is 70.4 cm³/mol. The van der Waals surface area contributed by atoms with Gasteiger partial charge in [0, 0.05) is 6.04 Å². The summed E-state index contributed by atoms with van der Waals surface area (Å²) in [6.45, 7) is 9.26. The van der Waals surface area contributed by atoms with E-state index in [0.717, 1.165) is 32.0 Å². The largest absolute Gasteiger partial charge is 0.369 e. The first-order chi connectivity index (χ1) is 7.84. The smallest absolute Gasteiger partial charge is 0.224 e. The Balaban J connectivity index is 2.33. The molecule has 0 aromatic heterocycles. The minimum atomic E-state index is -0.608. The van der Waals surface area contributed by atoms with E-state index in [1.165, 1.54) is 12.8 Å². The molecule has 0 spiro atoms. The van der Waals surface area contributed by atoms with Crippen LogP contribution in [0, 0.1) is 11.3 Å². The zero-order chi connectivity index (χ0) is 13.1. The highest BCUT2D eigenvalue weighted by Gasteiger charge is 2.32. The van der Waals surface area contributed by atoms with Crippen molar-refractivity contribution >= 4 is 5.91 Å². The van der Waals surface area contributed by atoms with Crippen molar-refractivity contribution in [3.05, 3.63) is 0 Å². The molecule has 1 rings (SSSR count). The summed E-state index contributed by atoms with van der Waals surface area (Å²) in [5.74, 6) is 0.541. The number of nitrogens with two attached hydrogens (primary N) is 2. The van der Waals surface area contributed by atoms with Gasteiger partial charge in [0.15, 0.2) is 0 Å². The lowest BCUT2D eigenvalue weighted by atomic mass is 9.82. The summed E-state index contributed by atoms with van der Waals surface area (Å²) >= 11 is 0. The van der Waals surface area contributed by atoms with E-state index in [9.17, 15) is 4.79 Å². The number of likely N-dealkylation sites (tertiary alicyclic amines) is 1. The van der Waals surface area contributed by atoms with E-state index >= 15 is 0 Å². The molecule has 1 unspecified atom stereocenters. The average Bonchev–Trinajstić information content (AvgIpc) is 2.27. The van der Waals surface area contributed by atoms with E-state index < -0.39 is 5.41 Å². The molecule has 1 amide bonds. The van der Waals surface area contributed by atoms with Crippen molar-refractivity contribution in [1.82, 2.24) is 4.90 Å². The van der Waals surface area contributed by atoms with Gasteiger partial charge in [0.1, 0.15) is 0 Å². The quantitative estimate of drug-likeness (QED) is 0.752. The molecule has 1 aliphatic heterocycles. The number of amides is 1. The van der Waals surface area contributed by atoms with Crippen LogP contribution < -0.4 is 11.5 Å². The molecule has 1 fully saturated rings. The molecule has 17 heavy (non-hydrogen) atoms. The summed E-state index contributed by atoms with van der Waals surface area (Å²) in [4.78, 5) is 13.7. The molecule has 1 saturated heterocycles. The fraction of sp³-hybridized carbons (Fsp3) is 0.923. The minimum Gasteiger partial charge on any atom is -0.369 e. The summed E-state index contributed by atoms with van der Waals surface area (Å²) in [7, 11) is 0. The van der Waals surface area contributed by atoms with E-state index in [2.05, 4.69) is 11.8 Å². The first-order valence-electron chi connectivity index (χ1n) is 6.62. The van der Waals surface area contributed by atoms with Crippen LogP contribution in [0.1, 0.15) is 40.0 Å². The van der Waals surface area contributed by atoms with Crippen molar-refractivity contribution in [3.63, 3.8) is 0 Å². The number of carbonyl (C=O) groups is 1. The molecule has 4 N–H and O–H groups in total. The van der Waals surface area contributed by atoms with Crippen LogP contribution in [0.3, 0.4) is 0 Å². The van der Waals surface area contributed by atoms with Crippen LogP contribution in [-0.4, -0.2) is 36.5 Å². The van der Waals surface area contributed by atoms with Gasteiger partial charge in [0.2, 0.25) is 5.91 Å². The Labute approximate surface area is 105 Å². The minimum absolute atomic E-state index is 0.153. The van der Waals surface area contributed by atoms with Crippen LogP contribution in [0.2, 0.25) is 0 Å². The molecule has 1 aliphatic rings.